The summed E-state index contributed by atoms with van der Waals surface area (Å²) in [6, 6.07) is 3.26. The lowest BCUT2D eigenvalue weighted by Crippen LogP contribution is -2.29. The molecule has 1 aromatic rings. The lowest BCUT2D eigenvalue weighted by molar-refractivity contribution is 0.0697. The second kappa shape index (κ2) is 4.59. The molecule has 96 valence electrons. The van der Waals surface area contributed by atoms with Crippen molar-refractivity contribution in [2.45, 2.75) is 25.7 Å². The molecule has 2 saturated carbocycles. The maximum absolute atomic E-state index is 11.0. The van der Waals surface area contributed by atoms with E-state index in [4.69, 9.17) is 5.11 Å². The average molecular weight is 246 g/mol. The van der Waals surface area contributed by atoms with Crippen LogP contribution in [0.1, 0.15) is 36.0 Å². The molecule has 4 nitrogen and oxygen atoms in total. The molecule has 0 unspecified atom stereocenters. The lowest BCUT2D eigenvalue weighted by atomic mass is 10.2. The molecule has 0 amide bonds. The van der Waals surface area contributed by atoms with E-state index < -0.39 is 5.97 Å². The molecule has 18 heavy (non-hydrogen) atoms. The molecular formula is C14H18N2O2. The van der Waals surface area contributed by atoms with Crippen LogP contribution in [0.3, 0.4) is 0 Å². The highest BCUT2D eigenvalue weighted by atomic mass is 16.4. The summed E-state index contributed by atoms with van der Waals surface area (Å²) in [6.45, 7) is 2.07. The minimum atomic E-state index is -0.878. The van der Waals surface area contributed by atoms with Gasteiger partial charge in [0.05, 0.1) is 5.56 Å². The fourth-order valence-electron chi connectivity index (χ4n) is 2.21. The van der Waals surface area contributed by atoms with Gasteiger partial charge < -0.3 is 10.0 Å². The molecule has 2 aliphatic rings. The lowest BCUT2D eigenvalue weighted by Gasteiger charge is -2.23. The second-order valence-electron chi connectivity index (χ2n) is 5.50. The van der Waals surface area contributed by atoms with E-state index in [0.29, 0.717) is 5.56 Å². The smallest absolute Gasteiger partial charge is 0.335 e. The first kappa shape index (κ1) is 11.5. The SMILES string of the molecule is O=C(O)c1ccnc(N(CC2CC2)CC2CC2)c1. The van der Waals surface area contributed by atoms with Gasteiger partial charge in [0.25, 0.3) is 0 Å². The molecule has 0 aromatic carbocycles. The fourth-order valence-corrected chi connectivity index (χ4v) is 2.21. The second-order valence-corrected chi connectivity index (χ2v) is 5.50. The number of anilines is 1. The van der Waals surface area contributed by atoms with E-state index in [-0.39, 0.29) is 0 Å². The molecule has 2 aliphatic carbocycles. The summed E-state index contributed by atoms with van der Waals surface area (Å²) >= 11 is 0. The largest absolute Gasteiger partial charge is 0.478 e. The van der Waals surface area contributed by atoms with Crippen molar-refractivity contribution in [1.82, 2.24) is 4.98 Å². The zero-order chi connectivity index (χ0) is 12.5. The van der Waals surface area contributed by atoms with Gasteiger partial charge in [-0.25, -0.2) is 9.78 Å². The van der Waals surface area contributed by atoms with E-state index >= 15 is 0 Å². The molecular weight excluding hydrogens is 228 g/mol. The number of aromatic carboxylic acids is 1. The Labute approximate surface area is 107 Å². The van der Waals surface area contributed by atoms with Gasteiger partial charge in [-0.05, 0) is 49.7 Å². The Kier molecular flexibility index (Phi) is 2.94. The number of hydrogen-bond donors (Lipinski definition) is 1. The minimum absolute atomic E-state index is 0.330. The number of aromatic nitrogens is 1. The third kappa shape index (κ3) is 2.81. The maximum Gasteiger partial charge on any atom is 0.335 e. The van der Waals surface area contributed by atoms with Gasteiger partial charge in [-0.1, -0.05) is 0 Å². The Balaban J connectivity index is 1.77. The Hall–Kier alpha value is -1.58. The molecule has 0 bridgehead atoms. The van der Waals surface area contributed by atoms with Gasteiger partial charge in [-0.3, -0.25) is 0 Å². The van der Waals surface area contributed by atoms with Crippen molar-refractivity contribution >= 4 is 11.8 Å². The Morgan fingerprint density at radius 3 is 2.39 bits per heavy atom. The van der Waals surface area contributed by atoms with E-state index in [0.717, 1.165) is 30.7 Å². The van der Waals surface area contributed by atoms with E-state index in [2.05, 4.69) is 9.88 Å². The Morgan fingerprint density at radius 2 is 1.89 bits per heavy atom. The summed E-state index contributed by atoms with van der Waals surface area (Å²) in [5.74, 6) is 1.53. The Morgan fingerprint density at radius 1 is 1.28 bits per heavy atom. The van der Waals surface area contributed by atoms with Crippen molar-refractivity contribution in [3.8, 4) is 0 Å². The molecule has 0 aliphatic heterocycles. The molecule has 4 heteroatoms. The van der Waals surface area contributed by atoms with Crippen molar-refractivity contribution < 1.29 is 9.90 Å². The van der Waals surface area contributed by atoms with Crippen LogP contribution in [0.25, 0.3) is 0 Å². The van der Waals surface area contributed by atoms with Crippen molar-refractivity contribution in [3.63, 3.8) is 0 Å². The van der Waals surface area contributed by atoms with Crippen LogP contribution in [-0.2, 0) is 0 Å². The molecule has 2 fully saturated rings. The molecule has 1 heterocycles. The van der Waals surface area contributed by atoms with Crippen LogP contribution in [0.4, 0.5) is 5.82 Å². The maximum atomic E-state index is 11.0. The van der Waals surface area contributed by atoms with Crippen molar-refractivity contribution in [3.05, 3.63) is 23.9 Å². The third-order valence-electron chi connectivity index (χ3n) is 3.67. The predicted molar refractivity (Wildman–Crippen MR) is 68.9 cm³/mol. The van der Waals surface area contributed by atoms with Crippen LogP contribution in [0.15, 0.2) is 18.3 Å². The van der Waals surface area contributed by atoms with Gasteiger partial charge in [0, 0.05) is 19.3 Å². The number of carbonyl (C=O) groups is 1. The van der Waals surface area contributed by atoms with Crippen molar-refractivity contribution in [2.75, 3.05) is 18.0 Å². The van der Waals surface area contributed by atoms with E-state index in [9.17, 15) is 4.79 Å². The molecule has 1 N–H and O–H groups in total. The van der Waals surface area contributed by atoms with Crippen molar-refractivity contribution in [1.29, 1.82) is 0 Å². The van der Waals surface area contributed by atoms with Gasteiger partial charge in [-0.15, -0.1) is 0 Å². The average Bonchev–Trinajstić information content (AvgIpc) is 3.23. The van der Waals surface area contributed by atoms with Crippen LogP contribution in [-0.4, -0.2) is 29.1 Å². The highest BCUT2D eigenvalue weighted by Crippen LogP contribution is 2.35. The van der Waals surface area contributed by atoms with Gasteiger partial charge in [0.1, 0.15) is 5.82 Å². The van der Waals surface area contributed by atoms with E-state index in [1.165, 1.54) is 25.7 Å². The fraction of sp³-hybridized carbons (Fsp3) is 0.571. The minimum Gasteiger partial charge on any atom is -0.478 e. The number of carboxylic acid groups (broad SMARTS) is 1. The third-order valence-corrected chi connectivity index (χ3v) is 3.67. The van der Waals surface area contributed by atoms with Crippen LogP contribution >= 0.6 is 0 Å². The highest BCUT2D eigenvalue weighted by Gasteiger charge is 2.30. The monoisotopic (exact) mass is 246 g/mol. The molecule has 1 aromatic heterocycles. The summed E-state index contributed by atoms with van der Waals surface area (Å²) in [6.07, 6.45) is 6.82. The standard InChI is InChI=1S/C14H18N2O2/c17-14(18)12-5-6-15-13(7-12)16(8-10-1-2-10)9-11-3-4-11/h5-7,10-11H,1-4,8-9H2,(H,17,18). The van der Waals surface area contributed by atoms with Gasteiger partial charge in [0.15, 0.2) is 0 Å². The summed E-state index contributed by atoms with van der Waals surface area (Å²) in [5.41, 5.74) is 0.330. The highest BCUT2D eigenvalue weighted by molar-refractivity contribution is 5.88. The summed E-state index contributed by atoms with van der Waals surface area (Å²) in [7, 11) is 0. The zero-order valence-electron chi connectivity index (χ0n) is 10.4. The van der Waals surface area contributed by atoms with E-state index in [1.807, 2.05) is 0 Å². The zero-order valence-corrected chi connectivity index (χ0v) is 10.4. The summed E-state index contributed by atoms with van der Waals surface area (Å²) in [4.78, 5) is 17.6. The van der Waals surface area contributed by atoms with Crippen LogP contribution < -0.4 is 4.90 Å². The van der Waals surface area contributed by atoms with Crippen LogP contribution in [0.5, 0.6) is 0 Å². The van der Waals surface area contributed by atoms with Gasteiger partial charge >= 0.3 is 5.97 Å². The van der Waals surface area contributed by atoms with Crippen LogP contribution in [0.2, 0.25) is 0 Å². The number of pyridine rings is 1. The van der Waals surface area contributed by atoms with Crippen LogP contribution in [0, 0.1) is 11.8 Å². The quantitative estimate of drug-likeness (QED) is 0.837. The summed E-state index contributed by atoms with van der Waals surface area (Å²) < 4.78 is 0. The molecule has 0 atom stereocenters. The Bertz CT molecular complexity index is 439. The topological polar surface area (TPSA) is 53.4 Å². The molecule has 0 saturated heterocycles. The van der Waals surface area contributed by atoms with E-state index in [1.54, 1.807) is 18.3 Å². The molecule has 0 radical (unpaired) electrons. The van der Waals surface area contributed by atoms with Crippen molar-refractivity contribution in [2.24, 2.45) is 11.8 Å². The van der Waals surface area contributed by atoms with Gasteiger partial charge in [-0.2, -0.15) is 0 Å². The normalized spacial score (nSPS) is 18.7. The number of rotatable bonds is 6. The number of nitrogens with zero attached hydrogens (tertiary/aromatic N) is 2. The predicted octanol–water partition coefficient (Wildman–Crippen LogP) is 2.41. The summed E-state index contributed by atoms with van der Waals surface area (Å²) in [5, 5.41) is 9.03. The first-order chi connectivity index (χ1) is 8.72. The number of hydrogen-bond acceptors (Lipinski definition) is 3. The first-order valence-corrected chi connectivity index (χ1v) is 6.66. The van der Waals surface area contributed by atoms with Gasteiger partial charge in [0.2, 0.25) is 0 Å². The molecule has 3 rings (SSSR count). The molecule has 0 spiro atoms. The first-order valence-electron chi connectivity index (χ1n) is 6.66. The number of carboxylic acids is 1.